The standard InChI is InChI=1S/C15H12N2O2S/c1-19-12-7-6-9-4-2-3-5-10(9)11(12)8-13-14(18)17-15(16)20-13/h2-8H,1H3,(H2,16,17,18)/b13-8-. The number of hydrogen-bond acceptors (Lipinski definition) is 4. The number of rotatable bonds is 2. The number of carbonyl (C=O) groups is 1. The summed E-state index contributed by atoms with van der Waals surface area (Å²) in [7, 11) is 1.61. The highest BCUT2D eigenvalue weighted by Crippen LogP contribution is 2.33. The van der Waals surface area contributed by atoms with Crippen LogP contribution in [0.5, 0.6) is 5.75 Å². The van der Waals surface area contributed by atoms with Crippen molar-refractivity contribution in [2.24, 2.45) is 0 Å². The molecular weight excluding hydrogens is 272 g/mol. The maximum absolute atomic E-state index is 11.7. The first kappa shape index (κ1) is 12.7. The van der Waals surface area contributed by atoms with Gasteiger partial charge in [0.15, 0.2) is 5.17 Å². The summed E-state index contributed by atoms with van der Waals surface area (Å²) in [6.07, 6.45) is 1.78. The minimum atomic E-state index is -0.241. The fourth-order valence-electron chi connectivity index (χ4n) is 2.18. The normalized spacial score (nSPS) is 16.8. The Bertz CT molecular complexity index is 753. The summed E-state index contributed by atoms with van der Waals surface area (Å²) >= 11 is 1.12. The fourth-order valence-corrected chi connectivity index (χ4v) is 2.86. The quantitative estimate of drug-likeness (QED) is 0.833. The number of fused-ring (bicyclic) bond motifs is 1. The Balaban J connectivity index is 2.21. The summed E-state index contributed by atoms with van der Waals surface area (Å²) in [5.41, 5.74) is 0.859. The second kappa shape index (κ2) is 5.02. The molecule has 1 aliphatic rings. The van der Waals surface area contributed by atoms with E-state index in [1.54, 1.807) is 13.2 Å². The van der Waals surface area contributed by atoms with E-state index in [2.05, 4.69) is 5.32 Å². The fraction of sp³-hybridized carbons (Fsp3) is 0.0667. The topological polar surface area (TPSA) is 62.2 Å². The van der Waals surface area contributed by atoms with Crippen molar-refractivity contribution in [2.45, 2.75) is 0 Å². The van der Waals surface area contributed by atoms with Crippen LogP contribution in [0.2, 0.25) is 0 Å². The predicted molar refractivity (Wildman–Crippen MR) is 81.9 cm³/mol. The minimum absolute atomic E-state index is 0.153. The van der Waals surface area contributed by atoms with Crippen molar-refractivity contribution < 1.29 is 9.53 Å². The molecule has 100 valence electrons. The monoisotopic (exact) mass is 284 g/mol. The number of benzene rings is 2. The molecule has 20 heavy (non-hydrogen) atoms. The molecule has 0 spiro atoms. The zero-order valence-corrected chi connectivity index (χ0v) is 11.6. The van der Waals surface area contributed by atoms with Crippen molar-refractivity contribution in [3.63, 3.8) is 0 Å². The first-order valence-electron chi connectivity index (χ1n) is 6.04. The molecule has 4 nitrogen and oxygen atoms in total. The first-order chi connectivity index (χ1) is 9.69. The second-order valence-electron chi connectivity index (χ2n) is 4.30. The van der Waals surface area contributed by atoms with Gasteiger partial charge in [0, 0.05) is 5.56 Å². The highest BCUT2D eigenvalue weighted by molar-refractivity contribution is 8.18. The zero-order chi connectivity index (χ0) is 14.1. The van der Waals surface area contributed by atoms with Crippen LogP contribution in [0.25, 0.3) is 16.8 Å². The Morgan fingerprint density at radius 2 is 2.05 bits per heavy atom. The van der Waals surface area contributed by atoms with Gasteiger partial charge in [-0.2, -0.15) is 0 Å². The number of methoxy groups -OCH3 is 1. The molecule has 0 bridgehead atoms. The van der Waals surface area contributed by atoms with E-state index in [1.165, 1.54) is 0 Å². The summed E-state index contributed by atoms with van der Waals surface area (Å²) in [4.78, 5) is 12.2. The van der Waals surface area contributed by atoms with Gasteiger partial charge in [0.05, 0.1) is 12.0 Å². The minimum Gasteiger partial charge on any atom is -0.496 e. The molecule has 2 N–H and O–H groups in total. The van der Waals surface area contributed by atoms with E-state index >= 15 is 0 Å². The van der Waals surface area contributed by atoms with E-state index in [1.807, 2.05) is 36.4 Å². The maximum Gasteiger partial charge on any atom is 0.264 e. The summed E-state index contributed by atoms with van der Waals surface area (Å²) in [5, 5.41) is 12.2. The lowest BCUT2D eigenvalue weighted by Gasteiger charge is -2.09. The molecular formula is C15H12N2O2S. The van der Waals surface area contributed by atoms with Gasteiger partial charge in [0.2, 0.25) is 0 Å². The molecule has 1 amide bonds. The molecule has 0 atom stereocenters. The summed E-state index contributed by atoms with van der Waals surface area (Å²) in [6.45, 7) is 0. The Hall–Kier alpha value is -2.27. The van der Waals surface area contributed by atoms with Crippen molar-refractivity contribution >= 4 is 39.7 Å². The van der Waals surface area contributed by atoms with E-state index in [4.69, 9.17) is 10.1 Å². The number of amides is 1. The van der Waals surface area contributed by atoms with Crippen LogP contribution < -0.4 is 10.1 Å². The first-order valence-corrected chi connectivity index (χ1v) is 6.86. The van der Waals surface area contributed by atoms with Crippen LogP contribution in [-0.2, 0) is 4.79 Å². The van der Waals surface area contributed by atoms with Crippen LogP contribution >= 0.6 is 11.8 Å². The van der Waals surface area contributed by atoms with Crippen molar-refractivity contribution in [3.8, 4) is 5.75 Å². The Kier molecular flexibility index (Phi) is 3.20. The Morgan fingerprint density at radius 3 is 2.75 bits per heavy atom. The van der Waals surface area contributed by atoms with E-state index in [-0.39, 0.29) is 11.1 Å². The van der Waals surface area contributed by atoms with E-state index in [9.17, 15) is 4.79 Å². The molecule has 5 heteroatoms. The third-order valence-corrected chi connectivity index (χ3v) is 3.92. The van der Waals surface area contributed by atoms with E-state index in [0.29, 0.717) is 10.7 Å². The van der Waals surface area contributed by atoms with Gasteiger partial charge in [0.1, 0.15) is 5.75 Å². The van der Waals surface area contributed by atoms with Crippen molar-refractivity contribution in [1.82, 2.24) is 5.32 Å². The largest absolute Gasteiger partial charge is 0.496 e. The molecule has 0 radical (unpaired) electrons. The van der Waals surface area contributed by atoms with Crippen LogP contribution in [0, 0.1) is 5.41 Å². The van der Waals surface area contributed by atoms with Gasteiger partial charge in [-0.1, -0.05) is 30.3 Å². The van der Waals surface area contributed by atoms with Crippen LogP contribution in [-0.4, -0.2) is 18.2 Å². The Morgan fingerprint density at radius 1 is 1.25 bits per heavy atom. The number of carbonyl (C=O) groups excluding carboxylic acids is 1. The van der Waals surface area contributed by atoms with E-state index in [0.717, 1.165) is 28.1 Å². The average molecular weight is 284 g/mol. The SMILES string of the molecule is COc1ccc2ccccc2c1/C=C1\SC(=N)NC1=O. The smallest absolute Gasteiger partial charge is 0.264 e. The molecule has 2 aromatic rings. The molecule has 0 aliphatic carbocycles. The number of ether oxygens (including phenoxy) is 1. The molecule has 0 unspecified atom stereocenters. The van der Waals surface area contributed by atoms with Crippen molar-refractivity contribution in [2.75, 3.05) is 7.11 Å². The number of nitrogens with one attached hydrogen (secondary N) is 2. The van der Waals surface area contributed by atoms with Gasteiger partial charge in [-0.15, -0.1) is 0 Å². The van der Waals surface area contributed by atoms with Crippen molar-refractivity contribution in [1.29, 1.82) is 5.41 Å². The molecule has 1 heterocycles. The molecule has 1 saturated heterocycles. The van der Waals surface area contributed by atoms with Gasteiger partial charge >= 0.3 is 0 Å². The molecule has 1 aliphatic heterocycles. The molecule has 1 fully saturated rings. The third-order valence-electron chi connectivity index (χ3n) is 3.09. The molecule has 0 aromatic heterocycles. The van der Waals surface area contributed by atoms with Gasteiger partial charge in [-0.25, -0.2) is 0 Å². The van der Waals surface area contributed by atoms with Crippen molar-refractivity contribution in [3.05, 3.63) is 46.9 Å². The zero-order valence-electron chi connectivity index (χ0n) is 10.8. The maximum atomic E-state index is 11.7. The Labute approximate surface area is 120 Å². The molecule has 0 saturated carbocycles. The van der Waals surface area contributed by atoms with Gasteiger partial charge in [0.25, 0.3) is 5.91 Å². The van der Waals surface area contributed by atoms with Crippen LogP contribution in [0.15, 0.2) is 41.3 Å². The van der Waals surface area contributed by atoms with Crippen LogP contribution in [0.1, 0.15) is 5.56 Å². The van der Waals surface area contributed by atoms with Gasteiger partial charge < -0.3 is 10.1 Å². The lowest BCUT2D eigenvalue weighted by Crippen LogP contribution is -2.18. The predicted octanol–water partition coefficient (Wildman–Crippen LogP) is 2.99. The average Bonchev–Trinajstić information content (AvgIpc) is 2.77. The summed E-state index contributed by atoms with van der Waals surface area (Å²) in [6, 6.07) is 11.8. The number of thioether (sulfide) groups is 1. The van der Waals surface area contributed by atoms with Gasteiger partial charge in [-0.05, 0) is 34.7 Å². The number of hydrogen-bond donors (Lipinski definition) is 2. The third kappa shape index (κ3) is 2.16. The second-order valence-corrected chi connectivity index (χ2v) is 5.35. The lowest BCUT2D eigenvalue weighted by molar-refractivity contribution is -0.115. The molecule has 3 rings (SSSR count). The highest BCUT2D eigenvalue weighted by atomic mass is 32.2. The van der Waals surface area contributed by atoms with E-state index < -0.39 is 0 Å². The van der Waals surface area contributed by atoms with Crippen LogP contribution in [0.4, 0.5) is 0 Å². The van der Waals surface area contributed by atoms with Crippen LogP contribution in [0.3, 0.4) is 0 Å². The molecule has 2 aromatic carbocycles. The summed E-state index contributed by atoms with van der Waals surface area (Å²) < 4.78 is 5.39. The lowest BCUT2D eigenvalue weighted by atomic mass is 10.0. The van der Waals surface area contributed by atoms with Gasteiger partial charge in [-0.3, -0.25) is 10.2 Å². The highest BCUT2D eigenvalue weighted by Gasteiger charge is 2.23. The number of amidine groups is 1. The summed E-state index contributed by atoms with van der Waals surface area (Å²) in [5.74, 6) is 0.470.